The average Bonchev–Trinajstić information content (AvgIpc) is 2.45. The van der Waals surface area contributed by atoms with Crippen molar-refractivity contribution in [3.05, 3.63) is 0 Å². The molecule has 0 saturated carbocycles. The van der Waals surface area contributed by atoms with Crippen molar-refractivity contribution in [1.82, 2.24) is 0 Å². The molecule has 3 atom stereocenters. The van der Waals surface area contributed by atoms with Crippen molar-refractivity contribution in [2.45, 2.75) is 45.0 Å². The minimum Gasteiger partial charge on any atom is -0.385 e. The van der Waals surface area contributed by atoms with E-state index >= 15 is 0 Å². The molecule has 20 heavy (non-hydrogen) atoms. The molecular weight excluding hydrogens is 276 g/mol. The maximum absolute atomic E-state index is 10.1. The summed E-state index contributed by atoms with van der Waals surface area (Å²) in [6.45, 7) is 5.79. The predicted molar refractivity (Wildman–Crippen MR) is 87.7 cm³/mol. The fraction of sp³-hybridized carbons (Fsp3) is 0.857. The lowest BCUT2D eigenvalue weighted by Crippen LogP contribution is -2.36. The molecule has 0 heterocycles. The van der Waals surface area contributed by atoms with Gasteiger partial charge in [-0.25, -0.2) is 0 Å². The van der Waals surface area contributed by atoms with Crippen molar-refractivity contribution < 1.29 is 14.6 Å². The molecule has 118 valence electrons. The highest BCUT2D eigenvalue weighted by molar-refractivity contribution is 7.80. The SMILES string of the molecule is CCC/N=C\C(O)C(CC)OC(/C=N\CCS)COC. The molecule has 5 nitrogen and oxygen atoms in total. The number of rotatable bonds is 12. The zero-order valence-electron chi connectivity index (χ0n) is 12.7. The number of methoxy groups -OCH3 is 1. The van der Waals surface area contributed by atoms with Crippen LogP contribution in [-0.4, -0.2) is 68.4 Å². The first-order chi connectivity index (χ1) is 9.69. The molecule has 0 bridgehead atoms. The van der Waals surface area contributed by atoms with Crippen LogP contribution in [0.25, 0.3) is 0 Å². The summed E-state index contributed by atoms with van der Waals surface area (Å²) >= 11 is 4.10. The summed E-state index contributed by atoms with van der Waals surface area (Å²) in [5.74, 6) is 0.694. The van der Waals surface area contributed by atoms with Gasteiger partial charge in [-0.3, -0.25) is 9.98 Å². The minimum atomic E-state index is -0.704. The normalized spacial score (nSPS) is 16.9. The summed E-state index contributed by atoms with van der Waals surface area (Å²) in [6.07, 6.45) is 3.66. The van der Waals surface area contributed by atoms with Crippen molar-refractivity contribution >= 4 is 25.1 Å². The van der Waals surface area contributed by atoms with Gasteiger partial charge in [-0.15, -0.1) is 0 Å². The van der Waals surface area contributed by atoms with E-state index < -0.39 is 6.10 Å². The summed E-state index contributed by atoms with van der Waals surface area (Å²) < 4.78 is 10.9. The number of hydrogen-bond donors (Lipinski definition) is 2. The Morgan fingerprint density at radius 2 is 1.90 bits per heavy atom. The molecule has 0 aliphatic heterocycles. The number of hydrogen-bond acceptors (Lipinski definition) is 6. The van der Waals surface area contributed by atoms with Crippen LogP contribution in [0, 0.1) is 0 Å². The van der Waals surface area contributed by atoms with E-state index in [2.05, 4.69) is 22.6 Å². The standard InChI is InChI=1S/C14H28N2O3S/c1-4-6-15-10-13(17)14(5-2)19-12(11-18-3)9-16-7-8-20/h9-10,12-14,17,20H,4-8,11H2,1-3H3/b15-10-,16-9-. The summed E-state index contributed by atoms with van der Waals surface area (Å²) in [5, 5.41) is 10.1. The lowest BCUT2D eigenvalue weighted by atomic mass is 10.1. The molecule has 0 saturated heterocycles. The van der Waals surface area contributed by atoms with Gasteiger partial charge in [0.05, 0.1) is 12.7 Å². The third-order valence-corrected chi connectivity index (χ3v) is 2.78. The number of aliphatic imine (C=N–C) groups is 2. The van der Waals surface area contributed by atoms with Crippen LogP contribution < -0.4 is 0 Å². The summed E-state index contributed by atoms with van der Waals surface area (Å²) in [7, 11) is 1.61. The monoisotopic (exact) mass is 304 g/mol. The van der Waals surface area contributed by atoms with Gasteiger partial charge in [0.15, 0.2) is 0 Å². The van der Waals surface area contributed by atoms with Gasteiger partial charge in [-0.2, -0.15) is 12.6 Å². The molecule has 0 aliphatic rings. The van der Waals surface area contributed by atoms with E-state index in [1.54, 1.807) is 19.5 Å². The molecule has 0 spiro atoms. The van der Waals surface area contributed by atoms with Crippen LogP contribution in [0.15, 0.2) is 9.98 Å². The average molecular weight is 304 g/mol. The largest absolute Gasteiger partial charge is 0.385 e. The molecule has 3 unspecified atom stereocenters. The van der Waals surface area contributed by atoms with Crippen molar-refractivity contribution in [3.8, 4) is 0 Å². The van der Waals surface area contributed by atoms with E-state index in [4.69, 9.17) is 9.47 Å². The fourth-order valence-corrected chi connectivity index (χ4v) is 1.70. The smallest absolute Gasteiger partial charge is 0.116 e. The Bertz CT molecular complexity index is 275. The van der Waals surface area contributed by atoms with E-state index in [-0.39, 0.29) is 12.2 Å². The Morgan fingerprint density at radius 3 is 2.45 bits per heavy atom. The van der Waals surface area contributed by atoms with Crippen LogP contribution in [0.1, 0.15) is 26.7 Å². The van der Waals surface area contributed by atoms with Crippen molar-refractivity contribution in [1.29, 1.82) is 0 Å². The van der Waals surface area contributed by atoms with Gasteiger partial charge in [0.1, 0.15) is 12.2 Å². The Kier molecular flexibility index (Phi) is 13.3. The zero-order valence-corrected chi connectivity index (χ0v) is 13.6. The van der Waals surface area contributed by atoms with Gasteiger partial charge >= 0.3 is 0 Å². The van der Waals surface area contributed by atoms with Crippen LogP contribution >= 0.6 is 12.6 Å². The highest BCUT2D eigenvalue weighted by atomic mass is 32.1. The highest BCUT2D eigenvalue weighted by Gasteiger charge is 2.20. The zero-order chi connectivity index (χ0) is 15.2. The Balaban J connectivity index is 4.45. The van der Waals surface area contributed by atoms with Gasteiger partial charge < -0.3 is 14.6 Å². The van der Waals surface area contributed by atoms with E-state index in [0.717, 1.165) is 13.0 Å². The first-order valence-corrected chi connectivity index (χ1v) is 7.75. The molecule has 0 rings (SSSR count). The maximum atomic E-state index is 10.1. The van der Waals surface area contributed by atoms with E-state index in [1.807, 2.05) is 13.8 Å². The maximum Gasteiger partial charge on any atom is 0.116 e. The Morgan fingerprint density at radius 1 is 1.20 bits per heavy atom. The Labute approximate surface area is 127 Å². The van der Waals surface area contributed by atoms with Crippen molar-refractivity contribution in [3.63, 3.8) is 0 Å². The number of nitrogens with zero attached hydrogens (tertiary/aromatic N) is 2. The van der Waals surface area contributed by atoms with Crippen LogP contribution in [0.3, 0.4) is 0 Å². The molecule has 0 aromatic heterocycles. The van der Waals surface area contributed by atoms with Crippen molar-refractivity contribution in [2.24, 2.45) is 9.98 Å². The Hall–Kier alpha value is -0.430. The van der Waals surface area contributed by atoms with Crippen molar-refractivity contribution in [2.75, 3.05) is 32.6 Å². The van der Waals surface area contributed by atoms with Crippen LogP contribution in [0.4, 0.5) is 0 Å². The molecule has 1 N–H and O–H groups in total. The fourth-order valence-electron chi connectivity index (χ4n) is 1.58. The second-order valence-electron chi connectivity index (χ2n) is 4.40. The number of aliphatic hydroxyl groups is 1. The molecular formula is C14H28N2O3S. The van der Waals surface area contributed by atoms with Crippen LogP contribution in [0.5, 0.6) is 0 Å². The lowest BCUT2D eigenvalue weighted by molar-refractivity contribution is -0.0512. The van der Waals surface area contributed by atoms with Crippen LogP contribution in [-0.2, 0) is 9.47 Å². The van der Waals surface area contributed by atoms with Gasteiger partial charge in [-0.05, 0) is 12.8 Å². The third kappa shape index (κ3) is 9.47. The molecule has 0 radical (unpaired) electrons. The third-order valence-electron chi connectivity index (χ3n) is 2.58. The first kappa shape index (κ1) is 19.6. The van der Waals surface area contributed by atoms with Gasteiger partial charge in [0.2, 0.25) is 0 Å². The second kappa shape index (κ2) is 13.5. The number of thiol groups is 1. The van der Waals surface area contributed by atoms with Gasteiger partial charge in [0, 0.05) is 38.4 Å². The molecule has 0 aromatic rings. The predicted octanol–water partition coefficient (Wildman–Crippen LogP) is 1.64. The number of aliphatic hydroxyl groups excluding tert-OH is 1. The van der Waals surface area contributed by atoms with Gasteiger partial charge in [0.25, 0.3) is 0 Å². The van der Waals surface area contributed by atoms with Crippen LogP contribution in [0.2, 0.25) is 0 Å². The second-order valence-corrected chi connectivity index (χ2v) is 4.85. The van der Waals surface area contributed by atoms with Gasteiger partial charge in [-0.1, -0.05) is 13.8 Å². The van der Waals surface area contributed by atoms with E-state index in [9.17, 15) is 5.11 Å². The summed E-state index contributed by atoms with van der Waals surface area (Å²) in [6, 6.07) is 0. The molecule has 0 fully saturated rings. The molecule has 0 amide bonds. The quantitative estimate of drug-likeness (QED) is 0.425. The number of ether oxygens (including phenoxy) is 2. The molecule has 6 heteroatoms. The first-order valence-electron chi connectivity index (χ1n) is 7.12. The topological polar surface area (TPSA) is 63.4 Å². The highest BCUT2D eigenvalue weighted by Crippen LogP contribution is 2.07. The molecule has 0 aliphatic carbocycles. The van der Waals surface area contributed by atoms with E-state index in [0.29, 0.717) is 25.3 Å². The summed E-state index contributed by atoms with van der Waals surface area (Å²) in [5.41, 5.74) is 0. The summed E-state index contributed by atoms with van der Waals surface area (Å²) in [4.78, 5) is 8.37. The lowest BCUT2D eigenvalue weighted by Gasteiger charge is -2.23. The molecule has 0 aromatic carbocycles. The minimum absolute atomic E-state index is 0.265. The van der Waals surface area contributed by atoms with E-state index in [1.165, 1.54) is 0 Å².